The Bertz CT molecular complexity index is 829. The Morgan fingerprint density at radius 3 is 2.81 bits per heavy atom. The highest BCUT2D eigenvalue weighted by molar-refractivity contribution is 7.09. The molecule has 8 heteroatoms. The molecule has 0 radical (unpaired) electrons. The number of hydrogen-bond donors (Lipinski definition) is 1. The van der Waals surface area contributed by atoms with Gasteiger partial charge in [-0.3, -0.25) is 9.69 Å². The van der Waals surface area contributed by atoms with Crippen LogP contribution in [0.25, 0.3) is 0 Å². The lowest BCUT2D eigenvalue weighted by Crippen LogP contribution is -2.57. The molecule has 1 aliphatic rings. The van der Waals surface area contributed by atoms with Crippen LogP contribution in [-0.2, 0) is 17.9 Å². The van der Waals surface area contributed by atoms with Gasteiger partial charge in [0.2, 0.25) is 0 Å². The van der Waals surface area contributed by atoms with E-state index in [0.717, 1.165) is 22.8 Å². The third-order valence-corrected chi connectivity index (χ3v) is 5.51. The van der Waals surface area contributed by atoms with E-state index in [4.69, 9.17) is 0 Å². The van der Waals surface area contributed by atoms with Crippen LogP contribution in [0.1, 0.15) is 29.1 Å². The summed E-state index contributed by atoms with van der Waals surface area (Å²) < 4.78 is 26.5. The van der Waals surface area contributed by atoms with Crippen molar-refractivity contribution in [1.29, 1.82) is 0 Å². The lowest BCUT2D eigenvalue weighted by atomic mass is 9.90. The number of thiazole rings is 1. The summed E-state index contributed by atoms with van der Waals surface area (Å²) >= 11 is 1.56. The molecule has 0 spiro atoms. The van der Waals surface area contributed by atoms with E-state index in [1.54, 1.807) is 11.3 Å². The Labute approximate surface area is 161 Å². The third kappa shape index (κ3) is 4.69. The van der Waals surface area contributed by atoms with Crippen molar-refractivity contribution in [3.05, 3.63) is 51.5 Å². The SMILES string of the molecule is Cc1nc(CN(C)C[C@]2(O)CCCN(Cc3ccc(F)c(F)c3)C2=O)cs1. The van der Waals surface area contributed by atoms with Gasteiger partial charge in [-0.05, 0) is 44.5 Å². The molecule has 1 saturated heterocycles. The summed E-state index contributed by atoms with van der Waals surface area (Å²) in [6, 6.07) is 3.60. The zero-order valence-corrected chi connectivity index (χ0v) is 16.2. The molecule has 1 fully saturated rings. The fourth-order valence-electron chi connectivity index (χ4n) is 3.48. The van der Waals surface area contributed by atoms with Crippen LogP contribution in [0.15, 0.2) is 23.6 Å². The number of piperidine rings is 1. The first-order chi connectivity index (χ1) is 12.8. The predicted octanol–water partition coefficient (Wildman–Crippen LogP) is 2.72. The number of aryl methyl sites for hydroxylation is 1. The maximum absolute atomic E-state index is 13.4. The Kier molecular flexibility index (Phi) is 5.88. The van der Waals surface area contributed by atoms with Crippen molar-refractivity contribution >= 4 is 17.2 Å². The molecule has 27 heavy (non-hydrogen) atoms. The highest BCUT2D eigenvalue weighted by Gasteiger charge is 2.42. The molecule has 2 heterocycles. The molecule has 2 aromatic rings. The molecule has 1 N–H and O–H groups in total. The topological polar surface area (TPSA) is 56.7 Å². The molecule has 146 valence electrons. The number of benzene rings is 1. The van der Waals surface area contributed by atoms with E-state index in [-0.39, 0.29) is 19.0 Å². The molecule has 1 aromatic heterocycles. The van der Waals surface area contributed by atoms with Crippen molar-refractivity contribution in [1.82, 2.24) is 14.8 Å². The van der Waals surface area contributed by atoms with Gasteiger partial charge in [-0.25, -0.2) is 13.8 Å². The minimum absolute atomic E-state index is 0.146. The van der Waals surface area contributed by atoms with Crippen molar-refractivity contribution < 1.29 is 18.7 Å². The van der Waals surface area contributed by atoms with Gasteiger partial charge in [0.15, 0.2) is 17.2 Å². The zero-order valence-electron chi connectivity index (χ0n) is 15.4. The minimum atomic E-state index is -1.49. The van der Waals surface area contributed by atoms with E-state index >= 15 is 0 Å². The second-order valence-electron chi connectivity index (χ2n) is 7.14. The van der Waals surface area contributed by atoms with Gasteiger partial charge in [-0.2, -0.15) is 0 Å². The summed E-state index contributed by atoms with van der Waals surface area (Å²) in [6.45, 7) is 3.30. The summed E-state index contributed by atoms with van der Waals surface area (Å²) in [5.74, 6) is -2.23. The number of carbonyl (C=O) groups is 1. The molecule has 0 saturated carbocycles. The summed E-state index contributed by atoms with van der Waals surface area (Å²) in [4.78, 5) is 20.7. The number of aliphatic hydroxyl groups is 1. The van der Waals surface area contributed by atoms with E-state index in [1.165, 1.54) is 11.0 Å². The fraction of sp³-hybridized carbons (Fsp3) is 0.474. The molecule has 5 nitrogen and oxygen atoms in total. The van der Waals surface area contributed by atoms with Crippen LogP contribution in [0.3, 0.4) is 0 Å². The van der Waals surface area contributed by atoms with Crippen LogP contribution >= 0.6 is 11.3 Å². The number of likely N-dealkylation sites (tertiary alicyclic amines) is 1. The molecular weight excluding hydrogens is 372 g/mol. The van der Waals surface area contributed by atoms with E-state index in [2.05, 4.69) is 4.98 Å². The van der Waals surface area contributed by atoms with E-state index in [9.17, 15) is 18.7 Å². The molecule has 1 aromatic carbocycles. The van der Waals surface area contributed by atoms with Crippen LogP contribution in [0.5, 0.6) is 0 Å². The molecule has 1 amide bonds. The van der Waals surface area contributed by atoms with Gasteiger partial charge in [0.1, 0.15) is 0 Å². The number of hydrogen-bond acceptors (Lipinski definition) is 5. The highest BCUT2D eigenvalue weighted by Crippen LogP contribution is 2.26. The average molecular weight is 395 g/mol. The number of amides is 1. The number of aromatic nitrogens is 1. The highest BCUT2D eigenvalue weighted by atomic mass is 32.1. The van der Waals surface area contributed by atoms with Crippen LogP contribution in [0, 0.1) is 18.6 Å². The number of likely N-dealkylation sites (N-methyl/N-ethyl adjacent to an activating group) is 1. The van der Waals surface area contributed by atoms with E-state index in [1.807, 2.05) is 24.3 Å². The van der Waals surface area contributed by atoms with Crippen molar-refractivity contribution in [3.63, 3.8) is 0 Å². The fourth-order valence-corrected chi connectivity index (χ4v) is 4.08. The van der Waals surface area contributed by atoms with Crippen molar-refractivity contribution in [2.75, 3.05) is 20.1 Å². The van der Waals surface area contributed by atoms with Crippen LogP contribution in [0.2, 0.25) is 0 Å². The molecule has 1 atom stereocenters. The smallest absolute Gasteiger partial charge is 0.256 e. The normalized spacial score (nSPS) is 20.5. The summed E-state index contributed by atoms with van der Waals surface area (Å²) in [5, 5.41) is 13.9. The van der Waals surface area contributed by atoms with Gasteiger partial charge in [-0.1, -0.05) is 6.07 Å². The van der Waals surface area contributed by atoms with Gasteiger partial charge >= 0.3 is 0 Å². The third-order valence-electron chi connectivity index (χ3n) is 4.69. The van der Waals surface area contributed by atoms with Crippen molar-refractivity contribution in [2.45, 2.75) is 38.5 Å². The number of nitrogens with zero attached hydrogens (tertiary/aromatic N) is 3. The van der Waals surface area contributed by atoms with Crippen LogP contribution < -0.4 is 0 Å². The Balaban J connectivity index is 1.66. The van der Waals surface area contributed by atoms with E-state index in [0.29, 0.717) is 31.5 Å². The van der Waals surface area contributed by atoms with Crippen molar-refractivity contribution in [2.24, 2.45) is 0 Å². The monoisotopic (exact) mass is 395 g/mol. The Morgan fingerprint density at radius 1 is 1.37 bits per heavy atom. The maximum atomic E-state index is 13.4. The first-order valence-electron chi connectivity index (χ1n) is 8.82. The summed E-state index contributed by atoms with van der Waals surface area (Å²) in [6.07, 6.45) is 1.02. The first kappa shape index (κ1) is 19.9. The number of halogens is 2. The molecule has 0 aliphatic carbocycles. The van der Waals surface area contributed by atoms with Gasteiger partial charge in [0, 0.05) is 31.6 Å². The molecule has 0 unspecified atom stereocenters. The van der Waals surface area contributed by atoms with Gasteiger partial charge in [-0.15, -0.1) is 11.3 Å². The van der Waals surface area contributed by atoms with E-state index < -0.39 is 17.2 Å². The van der Waals surface area contributed by atoms with Gasteiger partial charge in [0.25, 0.3) is 5.91 Å². The first-order valence-corrected chi connectivity index (χ1v) is 9.70. The van der Waals surface area contributed by atoms with Crippen molar-refractivity contribution in [3.8, 4) is 0 Å². The number of carbonyl (C=O) groups excluding carboxylic acids is 1. The molecule has 3 rings (SSSR count). The average Bonchev–Trinajstić information content (AvgIpc) is 3.00. The van der Waals surface area contributed by atoms with Gasteiger partial charge < -0.3 is 10.0 Å². The quantitative estimate of drug-likeness (QED) is 0.817. The Morgan fingerprint density at radius 2 is 2.15 bits per heavy atom. The minimum Gasteiger partial charge on any atom is -0.379 e. The standard InChI is InChI=1S/C19H23F2N3O2S/c1-13-22-15(11-27-13)10-23(2)12-19(26)6-3-7-24(18(19)25)9-14-4-5-16(20)17(21)8-14/h4-5,8,11,26H,3,6-7,9-10,12H2,1-2H3/t19-/m1/s1. The zero-order chi connectivity index (χ0) is 19.6. The summed E-state index contributed by atoms with van der Waals surface area (Å²) in [7, 11) is 1.84. The lowest BCUT2D eigenvalue weighted by molar-refractivity contribution is -0.160. The van der Waals surface area contributed by atoms with Gasteiger partial charge in [0.05, 0.1) is 10.7 Å². The Hall–Kier alpha value is -1.90. The molecular formula is C19H23F2N3O2S. The number of rotatable bonds is 6. The molecule has 0 bridgehead atoms. The summed E-state index contributed by atoms with van der Waals surface area (Å²) in [5.41, 5.74) is -0.0836. The van der Waals surface area contributed by atoms with Crippen LogP contribution in [0.4, 0.5) is 8.78 Å². The second-order valence-corrected chi connectivity index (χ2v) is 8.20. The van der Waals surface area contributed by atoms with Crippen LogP contribution in [-0.4, -0.2) is 51.5 Å². The second kappa shape index (κ2) is 8.00. The maximum Gasteiger partial charge on any atom is 0.256 e. The molecule has 1 aliphatic heterocycles. The largest absolute Gasteiger partial charge is 0.379 e. The predicted molar refractivity (Wildman–Crippen MR) is 99.1 cm³/mol. The lowest BCUT2D eigenvalue weighted by Gasteiger charge is -2.40.